The highest BCUT2D eigenvalue weighted by Crippen LogP contribution is 2.22. The highest BCUT2D eigenvalue weighted by Gasteiger charge is 2.21. The molecular formula is C14H26N4. The van der Waals surface area contributed by atoms with E-state index in [-0.39, 0.29) is 0 Å². The van der Waals surface area contributed by atoms with E-state index in [1.54, 1.807) is 0 Å². The Kier molecular flexibility index (Phi) is 4.78. The molecule has 1 fully saturated rings. The zero-order chi connectivity index (χ0) is 13.0. The van der Waals surface area contributed by atoms with E-state index in [0.717, 1.165) is 12.5 Å². The lowest BCUT2D eigenvalue weighted by atomic mass is 9.98. The summed E-state index contributed by atoms with van der Waals surface area (Å²) in [5, 5.41) is 7.78. The molecule has 0 amide bonds. The number of aromatic nitrogens is 2. The van der Waals surface area contributed by atoms with E-state index in [9.17, 15) is 0 Å². The van der Waals surface area contributed by atoms with Crippen molar-refractivity contribution in [1.82, 2.24) is 20.0 Å². The van der Waals surface area contributed by atoms with Gasteiger partial charge in [-0.3, -0.25) is 9.58 Å². The number of aryl methyl sites for hydroxylation is 1. The maximum absolute atomic E-state index is 4.28. The first-order valence-corrected chi connectivity index (χ1v) is 7.14. The van der Waals surface area contributed by atoms with Crippen LogP contribution >= 0.6 is 0 Å². The Morgan fingerprint density at radius 1 is 1.61 bits per heavy atom. The van der Waals surface area contributed by atoms with E-state index < -0.39 is 0 Å². The standard InChI is InChI=1S/C14H26N4/c1-4-18(10-13-6-5-7-15-8-13)12(2)14-9-16-17(3)11-14/h9,11-13,15H,4-8,10H2,1-3H3. The third-order valence-corrected chi connectivity index (χ3v) is 4.05. The molecule has 0 radical (unpaired) electrons. The molecule has 1 aromatic rings. The molecule has 2 unspecified atom stereocenters. The summed E-state index contributed by atoms with van der Waals surface area (Å²) in [6.45, 7) is 9.21. The van der Waals surface area contributed by atoms with Gasteiger partial charge < -0.3 is 5.32 Å². The van der Waals surface area contributed by atoms with Gasteiger partial charge in [0.25, 0.3) is 0 Å². The first-order valence-electron chi connectivity index (χ1n) is 7.14. The number of hydrogen-bond acceptors (Lipinski definition) is 3. The number of piperidine rings is 1. The summed E-state index contributed by atoms with van der Waals surface area (Å²) < 4.78 is 1.89. The smallest absolute Gasteiger partial charge is 0.0537 e. The summed E-state index contributed by atoms with van der Waals surface area (Å²) >= 11 is 0. The van der Waals surface area contributed by atoms with Crippen LogP contribution in [0.5, 0.6) is 0 Å². The van der Waals surface area contributed by atoms with Gasteiger partial charge in [-0.15, -0.1) is 0 Å². The predicted octanol–water partition coefficient (Wildman–Crippen LogP) is 1.80. The van der Waals surface area contributed by atoms with Crippen molar-refractivity contribution in [2.75, 3.05) is 26.2 Å². The Balaban J connectivity index is 1.94. The lowest BCUT2D eigenvalue weighted by Gasteiger charge is -2.33. The molecule has 2 heterocycles. The second-order valence-electron chi connectivity index (χ2n) is 5.42. The fourth-order valence-corrected chi connectivity index (χ4v) is 2.84. The van der Waals surface area contributed by atoms with Crippen LogP contribution in [-0.2, 0) is 7.05 Å². The zero-order valence-corrected chi connectivity index (χ0v) is 11.9. The fourth-order valence-electron chi connectivity index (χ4n) is 2.84. The molecule has 0 bridgehead atoms. The largest absolute Gasteiger partial charge is 0.316 e. The summed E-state index contributed by atoms with van der Waals surface area (Å²) in [5.41, 5.74) is 1.32. The maximum Gasteiger partial charge on any atom is 0.0537 e. The Bertz CT molecular complexity index is 354. The number of nitrogens with one attached hydrogen (secondary N) is 1. The van der Waals surface area contributed by atoms with Crippen molar-refractivity contribution in [3.63, 3.8) is 0 Å². The average Bonchev–Trinajstić information content (AvgIpc) is 2.83. The topological polar surface area (TPSA) is 33.1 Å². The van der Waals surface area contributed by atoms with Crippen LogP contribution in [0.25, 0.3) is 0 Å². The minimum absolute atomic E-state index is 0.464. The minimum Gasteiger partial charge on any atom is -0.316 e. The molecule has 4 heteroatoms. The second-order valence-corrected chi connectivity index (χ2v) is 5.42. The Labute approximate surface area is 110 Å². The molecule has 1 N–H and O–H groups in total. The lowest BCUT2D eigenvalue weighted by molar-refractivity contribution is 0.171. The van der Waals surface area contributed by atoms with E-state index in [1.165, 1.54) is 38.0 Å². The highest BCUT2D eigenvalue weighted by molar-refractivity contribution is 5.09. The SMILES string of the molecule is CCN(CC1CCCNC1)C(C)c1cnn(C)c1. The first kappa shape index (κ1) is 13.6. The van der Waals surface area contributed by atoms with Gasteiger partial charge >= 0.3 is 0 Å². The van der Waals surface area contributed by atoms with Crippen LogP contribution in [0, 0.1) is 5.92 Å². The van der Waals surface area contributed by atoms with Gasteiger partial charge in [0.05, 0.1) is 6.20 Å². The van der Waals surface area contributed by atoms with Crippen molar-refractivity contribution in [1.29, 1.82) is 0 Å². The molecule has 2 rings (SSSR count). The molecule has 1 aliphatic rings. The molecule has 1 saturated heterocycles. The second kappa shape index (κ2) is 6.34. The Hall–Kier alpha value is -0.870. The molecular weight excluding hydrogens is 224 g/mol. The Morgan fingerprint density at radius 3 is 3.00 bits per heavy atom. The van der Waals surface area contributed by atoms with Crippen LogP contribution in [-0.4, -0.2) is 40.9 Å². The van der Waals surface area contributed by atoms with Crippen molar-refractivity contribution in [3.8, 4) is 0 Å². The molecule has 2 atom stereocenters. The summed E-state index contributed by atoms with van der Waals surface area (Å²) in [6.07, 6.45) is 6.81. The molecule has 18 heavy (non-hydrogen) atoms. The summed E-state index contributed by atoms with van der Waals surface area (Å²) in [7, 11) is 1.98. The van der Waals surface area contributed by atoms with Gasteiger partial charge in [0.2, 0.25) is 0 Å². The van der Waals surface area contributed by atoms with Gasteiger partial charge in [-0.2, -0.15) is 5.10 Å². The molecule has 4 nitrogen and oxygen atoms in total. The van der Waals surface area contributed by atoms with Crippen LogP contribution in [0.3, 0.4) is 0 Å². The fraction of sp³-hybridized carbons (Fsp3) is 0.786. The number of hydrogen-bond donors (Lipinski definition) is 1. The van der Waals surface area contributed by atoms with Crippen LogP contribution in [0.15, 0.2) is 12.4 Å². The summed E-state index contributed by atoms with van der Waals surface area (Å²) in [5.74, 6) is 0.804. The van der Waals surface area contributed by atoms with Gasteiger partial charge in [-0.25, -0.2) is 0 Å². The molecule has 1 aromatic heterocycles. The summed E-state index contributed by atoms with van der Waals surface area (Å²) in [4.78, 5) is 2.56. The summed E-state index contributed by atoms with van der Waals surface area (Å²) in [6, 6.07) is 0.464. The monoisotopic (exact) mass is 250 g/mol. The van der Waals surface area contributed by atoms with Crippen molar-refractivity contribution in [3.05, 3.63) is 18.0 Å². The number of rotatable bonds is 5. The zero-order valence-electron chi connectivity index (χ0n) is 11.9. The minimum atomic E-state index is 0.464. The van der Waals surface area contributed by atoms with Crippen LogP contribution in [0.4, 0.5) is 0 Å². The van der Waals surface area contributed by atoms with Crippen LogP contribution in [0.1, 0.15) is 38.3 Å². The van der Waals surface area contributed by atoms with E-state index in [2.05, 4.69) is 35.4 Å². The van der Waals surface area contributed by atoms with Crippen molar-refractivity contribution in [2.24, 2.45) is 13.0 Å². The maximum atomic E-state index is 4.28. The molecule has 1 aliphatic heterocycles. The van der Waals surface area contributed by atoms with Crippen molar-refractivity contribution >= 4 is 0 Å². The van der Waals surface area contributed by atoms with Gasteiger partial charge in [0.15, 0.2) is 0 Å². The van der Waals surface area contributed by atoms with Gasteiger partial charge in [0, 0.05) is 31.4 Å². The highest BCUT2D eigenvalue weighted by atomic mass is 15.2. The average molecular weight is 250 g/mol. The lowest BCUT2D eigenvalue weighted by Crippen LogP contribution is -2.39. The molecule has 102 valence electrons. The van der Waals surface area contributed by atoms with Crippen LogP contribution in [0.2, 0.25) is 0 Å². The quantitative estimate of drug-likeness (QED) is 0.865. The normalized spacial score (nSPS) is 22.3. The Morgan fingerprint density at radius 2 is 2.44 bits per heavy atom. The first-order chi connectivity index (χ1) is 8.70. The van der Waals surface area contributed by atoms with Crippen LogP contribution < -0.4 is 5.32 Å². The predicted molar refractivity (Wildman–Crippen MR) is 74.5 cm³/mol. The molecule has 0 spiro atoms. The van der Waals surface area contributed by atoms with E-state index in [1.807, 2.05) is 17.9 Å². The van der Waals surface area contributed by atoms with E-state index in [0.29, 0.717) is 6.04 Å². The van der Waals surface area contributed by atoms with Gasteiger partial charge in [-0.05, 0) is 45.3 Å². The van der Waals surface area contributed by atoms with E-state index in [4.69, 9.17) is 0 Å². The van der Waals surface area contributed by atoms with Gasteiger partial charge in [0.1, 0.15) is 0 Å². The molecule has 0 aromatic carbocycles. The van der Waals surface area contributed by atoms with Gasteiger partial charge in [-0.1, -0.05) is 6.92 Å². The third kappa shape index (κ3) is 3.33. The molecule has 0 saturated carbocycles. The van der Waals surface area contributed by atoms with E-state index >= 15 is 0 Å². The third-order valence-electron chi connectivity index (χ3n) is 4.05. The van der Waals surface area contributed by atoms with Crippen molar-refractivity contribution < 1.29 is 0 Å². The number of nitrogens with zero attached hydrogens (tertiary/aromatic N) is 3. The van der Waals surface area contributed by atoms with Crippen molar-refractivity contribution in [2.45, 2.75) is 32.7 Å². The molecule has 0 aliphatic carbocycles.